The third kappa shape index (κ3) is 5.57. The molecule has 2 N–H and O–H groups in total. The van der Waals surface area contributed by atoms with Gasteiger partial charge < -0.3 is 19.8 Å². The van der Waals surface area contributed by atoms with Crippen LogP contribution >= 0.6 is 11.6 Å². The second-order valence-electron chi connectivity index (χ2n) is 11.9. The summed E-state index contributed by atoms with van der Waals surface area (Å²) >= 11 is 6.07. The Labute approximate surface area is 261 Å². The quantitative estimate of drug-likeness (QED) is 0.212. The molecule has 1 saturated heterocycles. The number of hydrogen-bond acceptors (Lipinski definition) is 5. The number of pyridine rings is 1. The minimum Gasteiger partial charge on any atom is -0.493 e. The average molecular weight is 618 g/mol. The predicted octanol–water partition coefficient (Wildman–Crippen LogP) is 6.96. The summed E-state index contributed by atoms with van der Waals surface area (Å²) in [5, 5.41) is 4.17. The summed E-state index contributed by atoms with van der Waals surface area (Å²) in [5.74, 6) is 0.772. The van der Waals surface area contributed by atoms with Gasteiger partial charge in [-0.3, -0.25) is 14.5 Å². The summed E-state index contributed by atoms with van der Waals surface area (Å²) < 4.78 is 25.9. The van der Waals surface area contributed by atoms with Crippen molar-refractivity contribution in [2.24, 2.45) is 5.41 Å². The molecule has 2 fully saturated rings. The first-order chi connectivity index (χ1) is 21.2. The molecular formula is C35H37ClFN3O4. The summed E-state index contributed by atoms with van der Waals surface area (Å²) in [4.78, 5) is 32.0. The largest absolute Gasteiger partial charge is 0.493 e. The number of amides is 1. The van der Waals surface area contributed by atoms with Crippen LogP contribution in [0.2, 0.25) is 5.02 Å². The Morgan fingerprint density at radius 1 is 1.07 bits per heavy atom. The number of hydrogen-bond donors (Lipinski definition) is 2. The normalized spacial score (nSPS) is 21.4. The summed E-state index contributed by atoms with van der Waals surface area (Å²) in [5.41, 5.74) is 2.99. The molecule has 2 aliphatic rings. The Hall–Kier alpha value is -3.88. The van der Waals surface area contributed by atoms with E-state index in [9.17, 15) is 14.0 Å². The molecule has 3 aromatic carbocycles. The molecule has 1 amide bonds. The van der Waals surface area contributed by atoms with Crippen LogP contribution in [0.4, 0.5) is 4.39 Å². The molecule has 3 atom stereocenters. The zero-order valence-corrected chi connectivity index (χ0v) is 26.0. The highest BCUT2D eigenvalue weighted by Crippen LogP contribution is 2.49. The van der Waals surface area contributed by atoms with E-state index in [0.29, 0.717) is 47.2 Å². The number of fused-ring (bicyclic) bond motifs is 2. The number of carbonyl (C=O) groups is 1. The number of benzene rings is 3. The van der Waals surface area contributed by atoms with Crippen LogP contribution in [0.5, 0.6) is 11.5 Å². The minimum absolute atomic E-state index is 0.0517. The lowest BCUT2D eigenvalue weighted by molar-refractivity contribution is 0.0892. The molecule has 9 heteroatoms. The lowest BCUT2D eigenvalue weighted by atomic mass is 9.81. The van der Waals surface area contributed by atoms with E-state index in [1.165, 1.54) is 18.3 Å². The van der Waals surface area contributed by atoms with Crippen molar-refractivity contribution in [2.75, 3.05) is 19.8 Å². The zero-order chi connectivity index (χ0) is 31.0. The number of likely N-dealkylation sites (tertiary alicyclic amines) is 1. The van der Waals surface area contributed by atoms with E-state index in [2.05, 4.69) is 34.3 Å². The molecule has 230 valence electrons. The van der Waals surface area contributed by atoms with E-state index in [0.717, 1.165) is 42.5 Å². The minimum atomic E-state index is -0.354. The molecule has 44 heavy (non-hydrogen) atoms. The van der Waals surface area contributed by atoms with E-state index in [1.807, 2.05) is 13.8 Å². The third-order valence-electron chi connectivity index (χ3n) is 9.30. The summed E-state index contributed by atoms with van der Waals surface area (Å²) in [6.45, 7) is 8.71. The van der Waals surface area contributed by atoms with Gasteiger partial charge in [0.15, 0.2) is 0 Å². The van der Waals surface area contributed by atoms with Crippen molar-refractivity contribution in [1.29, 1.82) is 0 Å². The van der Waals surface area contributed by atoms with Gasteiger partial charge in [0, 0.05) is 40.6 Å². The molecule has 2 unspecified atom stereocenters. The fourth-order valence-electron chi connectivity index (χ4n) is 7.13. The average Bonchev–Trinajstić information content (AvgIpc) is 3.48. The first kappa shape index (κ1) is 30.2. The van der Waals surface area contributed by atoms with Gasteiger partial charge in [0.1, 0.15) is 22.9 Å². The van der Waals surface area contributed by atoms with Crippen LogP contribution < -0.4 is 20.2 Å². The second kappa shape index (κ2) is 12.3. The standard InChI is InChI=1S/C35H37ClFN3O4/c1-4-43-28-16-21(17-29(44-5-2)32(28)22-6-9-24(37)10-7-22)20-40-15-14-35(3)30(12-13-31(35)40)39-34(42)26-19-38-27-18-23(36)8-11-25(27)33(26)41/h6-11,16-19,30-31H,4-5,12-15,20H2,1-3H3,(H,38,41)(H,39,42)/t30?,31-,35?/m1/s1. The third-order valence-corrected chi connectivity index (χ3v) is 9.54. The molecule has 1 aliphatic carbocycles. The van der Waals surface area contributed by atoms with Gasteiger partial charge in [-0.15, -0.1) is 0 Å². The van der Waals surface area contributed by atoms with Crippen molar-refractivity contribution in [2.45, 2.75) is 58.7 Å². The topological polar surface area (TPSA) is 83.7 Å². The lowest BCUT2D eigenvalue weighted by Crippen LogP contribution is -2.47. The molecule has 1 aliphatic heterocycles. The Kier molecular flexibility index (Phi) is 8.40. The number of aromatic nitrogens is 1. The van der Waals surface area contributed by atoms with E-state index < -0.39 is 0 Å². The van der Waals surface area contributed by atoms with Gasteiger partial charge in [0.25, 0.3) is 5.91 Å². The lowest BCUT2D eigenvalue weighted by Gasteiger charge is -2.34. The van der Waals surface area contributed by atoms with E-state index in [-0.39, 0.29) is 40.2 Å². The number of carbonyl (C=O) groups excluding carboxylic acids is 1. The number of halogens is 2. The summed E-state index contributed by atoms with van der Waals surface area (Å²) in [7, 11) is 0. The zero-order valence-electron chi connectivity index (χ0n) is 25.2. The molecular weight excluding hydrogens is 581 g/mol. The second-order valence-corrected chi connectivity index (χ2v) is 12.3. The summed E-state index contributed by atoms with van der Waals surface area (Å²) in [6.07, 6.45) is 4.19. The van der Waals surface area contributed by atoms with Gasteiger partial charge in [-0.2, -0.15) is 0 Å². The van der Waals surface area contributed by atoms with Crippen LogP contribution in [0.1, 0.15) is 56.0 Å². The number of aromatic amines is 1. The van der Waals surface area contributed by atoms with Crippen LogP contribution in [-0.2, 0) is 6.54 Å². The summed E-state index contributed by atoms with van der Waals surface area (Å²) in [6, 6.07) is 15.7. The van der Waals surface area contributed by atoms with Gasteiger partial charge >= 0.3 is 0 Å². The predicted molar refractivity (Wildman–Crippen MR) is 171 cm³/mol. The molecule has 0 radical (unpaired) electrons. The fraction of sp³-hybridized carbons (Fsp3) is 0.371. The highest BCUT2D eigenvalue weighted by atomic mass is 35.5. The van der Waals surface area contributed by atoms with Crippen LogP contribution in [0, 0.1) is 11.2 Å². The Bertz CT molecular complexity index is 1730. The number of nitrogens with one attached hydrogen (secondary N) is 2. The van der Waals surface area contributed by atoms with Crippen LogP contribution in [-0.4, -0.2) is 47.6 Å². The Balaban J connectivity index is 1.22. The van der Waals surface area contributed by atoms with Crippen molar-refractivity contribution >= 4 is 28.4 Å². The molecule has 4 aromatic rings. The van der Waals surface area contributed by atoms with Gasteiger partial charge in [-0.1, -0.05) is 30.7 Å². The maximum absolute atomic E-state index is 13.7. The van der Waals surface area contributed by atoms with Crippen LogP contribution in [0.3, 0.4) is 0 Å². The molecule has 0 bridgehead atoms. The van der Waals surface area contributed by atoms with Crippen molar-refractivity contribution in [3.63, 3.8) is 0 Å². The van der Waals surface area contributed by atoms with E-state index in [1.54, 1.807) is 30.3 Å². The van der Waals surface area contributed by atoms with E-state index >= 15 is 0 Å². The molecule has 1 aromatic heterocycles. The first-order valence-electron chi connectivity index (χ1n) is 15.3. The molecule has 6 rings (SSSR count). The maximum Gasteiger partial charge on any atom is 0.257 e. The van der Waals surface area contributed by atoms with Gasteiger partial charge in [-0.25, -0.2) is 4.39 Å². The first-order valence-corrected chi connectivity index (χ1v) is 15.6. The molecule has 7 nitrogen and oxygen atoms in total. The van der Waals surface area contributed by atoms with Crippen LogP contribution in [0.15, 0.2) is 65.6 Å². The number of H-pyrrole nitrogens is 1. The molecule has 0 spiro atoms. The Morgan fingerprint density at radius 2 is 1.77 bits per heavy atom. The number of ether oxygens (including phenoxy) is 2. The maximum atomic E-state index is 13.7. The van der Waals surface area contributed by atoms with Gasteiger partial charge in [0.05, 0.1) is 24.3 Å². The Morgan fingerprint density at radius 3 is 2.45 bits per heavy atom. The smallest absolute Gasteiger partial charge is 0.257 e. The highest BCUT2D eigenvalue weighted by Gasteiger charge is 2.53. The van der Waals surface area contributed by atoms with Gasteiger partial charge in [0.2, 0.25) is 5.43 Å². The fourth-order valence-corrected chi connectivity index (χ4v) is 7.30. The van der Waals surface area contributed by atoms with E-state index in [4.69, 9.17) is 21.1 Å². The molecule has 2 heterocycles. The van der Waals surface area contributed by atoms with Crippen molar-refractivity contribution < 1.29 is 18.7 Å². The number of nitrogens with zero attached hydrogens (tertiary/aromatic N) is 1. The van der Waals surface area contributed by atoms with Crippen molar-refractivity contribution in [3.8, 4) is 22.6 Å². The SMILES string of the molecule is CCOc1cc(CN2CCC3(C)C(NC(=O)c4c[nH]c5cc(Cl)ccc5c4=O)CC[C@@H]23)cc(OCC)c1-c1ccc(F)cc1. The van der Waals surface area contributed by atoms with Crippen molar-refractivity contribution in [1.82, 2.24) is 15.2 Å². The monoisotopic (exact) mass is 617 g/mol. The highest BCUT2D eigenvalue weighted by molar-refractivity contribution is 6.31. The number of rotatable bonds is 9. The van der Waals surface area contributed by atoms with Gasteiger partial charge in [-0.05, 0) is 93.2 Å². The van der Waals surface area contributed by atoms with Crippen LogP contribution in [0.25, 0.3) is 22.0 Å². The van der Waals surface area contributed by atoms with Crippen molar-refractivity contribution in [3.05, 3.63) is 93.0 Å². The molecule has 1 saturated carbocycles.